The van der Waals surface area contributed by atoms with Crippen molar-refractivity contribution in [2.75, 3.05) is 5.73 Å². The Morgan fingerprint density at radius 3 is 2.95 bits per heavy atom. The summed E-state index contributed by atoms with van der Waals surface area (Å²) in [5.74, 6) is -0.441. The number of nitrogens with two attached hydrogens (primary N) is 1. The summed E-state index contributed by atoms with van der Waals surface area (Å²) in [6, 6.07) is 4.39. The zero-order valence-electron chi connectivity index (χ0n) is 10.7. The Morgan fingerprint density at radius 2 is 2.20 bits per heavy atom. The van der Waals surface area contributed by atoms with Crippen molar-refractivity contribution in [1.29, 1.82) is 0 Å². The average molecular weight is 273 g/mol. The van der Waals surface area contributed by atoms with Gasteiger partial charge in [-0.3, -0.25) is 14.0 Å². The van der Waals surface area contributed by atoms with Gasteiger partial charge in [-0.1, -0.05) is 6.07 Å². The Labute approximate surface area is 113 Å². The predicted octanol–water partition coefficient (Wildman–Crippen LogP) is 0.900. The fourth-order valence-electron chi connectivity index (χ4n) is 2.05. The second-order valence-electron chi connectivity index (χ2n) is 4.53. The molecule has 0 radical (unpaired) electrons. The first-order valence-electron chi connectivity index (χ1n) is 5.97. The van der Waals surface area contributed by atoms with Crippen molar-refractivity contribution in [3.8, 4) is 0 Å². The highest BCUT2D eigenvalue weighted by atomic mass is 19.1. The third-order valence-corrected chi connectivity index (χ3v) is 3.14. The van der Waals surface area contributed by atoms with E-state index in [1.165, 1.54) is 27.8 Å². The zero-order valence-corrected chi connectivity index (χ0v) is 10.7. The fraction of sp³-hybridized carbons (Fsp3) is 0.154. The second kappa shape index (κ2) is 4.44. The monoisotopic (exact) mass is 273 g/mol. The van der Waals surface area contributed by atoms with Crippen LogP contribution in [0.4, 0.5) is 10.1 Å². The molecule has 1 aromatic carbocycles. The minimum atomic E-state index is -0.441. The number of benzene rings is 1. The molecule has 2 heterocycles. The van der Waals surface area contributed by atoms with E-state index in [9.17, 15) is 9.18 Å². The second-order valence-corrected chi connectivity index (χ2v) is 4.53. The standard InChI is InChI=1S/C13H12FN5O/c1-18-12-10(5-17-18)13(20)19(7-16-12)6-8-2-3-9(15)4-11(8)14/h2-5,7H,6,15H2,1H3. The first kappa shape index (κ1) is 12.3. The average Bonchev–Trinajstić information content (AvgIpc) is 2.78. The Bertz CT molecular complexity index is 852. The van der Waals surface area contributed by atoms with Crippen LogP contribution in [0.2, 0.25) is 0 Å². The van der Waals surface area contributed by atoms with Crippen molar-refractivity contribution in [3.05, 3.63) is 52.5 Å². The predicted molar refractivity (Wildman–Crippen MR) is 72.7 cm³/mol. The Hall–Kier alpha value is -2.70. The van der Waals surface area contributed by atoms with E-state index in [1.807, 2.05) is 0 Å². The number of anilines is 1. The lowest BCUT2D eigenvalue weighted by atomic mass is 10.2. The van der Waals surface area contributed by atoms with E-state index >= 15 is 0 Å². The lowest BCUT2D eigenvalue weighted by Crippen LogP contribution is -2.21. The van der Waals surface area contributed by atoms with Crippen LogP contribution in [0.25, 0.3) is 11.0 Å². The molecule has 2 aromatic heterocycles. The topological polar surface area (TPSA) is 78.7 Å². The van der Waals surface area contributed by atoms with Crippen LogP contribution in [-0.2, 0) is 13.6 Å². The quantitative estimate of drug-likeness (QED) is 0.704. The Balaban J connectivity index is 2.07. The lowest BCUT2D eigenvalue weighted by molar-refractivity contribution is 0.596. The number of fused-ring (bicyclic) bond motifs is 1. The van der Waals surface area contributed by atoms with Gasteiger partial charge in [0.25, 0.3) is 5.56 Å². The van der Waals surface area contributed by atoms with Gasteiger partial charge in [0.2, 0.25) is 0 Å². The molecule has 0 atom stereocenters. The minimum Gasteiger partial charge on any atom is -0.399 e. The molecule has 0 aliphatic carbocycles. The van der Waals surface area contributed by atoms with Crippen molar-refractivity contribution in [1.82, 2.24) is 19.3 Å². The Kier molecular flexibility index (Phi) is 2.74. The number of aromatic nitrogens is 4. The maximum Gasteiger partial charge on any atom is 0.264 e. The minimum absolute atomic E-state index is 0.1000. The SMILES string of the molecule is Cn1ncc2c(=O)n(Cc3ccc(N)cc3F)cnc21. The highest BCUT2D eigenvalue weighted by molar-refractivity contribution is 5.72. The highest BCUT2D eigenvalue weighted by Crippen LogP contribution is 2.13. The van der Waals surface area contributed by atoms with E-state index < -0.39 is 5.82 Å². The van der Waals surface area contributed by atoms with Crippen molar-refractivity contribution < 1.29 is 4.39 Å². The molecular weight excluding hydrogens is 261 g/mol. The van der Waals surface area contributed by atoms with Gasteiger partial charge in [0, 0.05) is 18.3 Å². The first-order valence-corrected chi connectivity index (χ1v) is 5.97. The summed E-state index contributed by atoms with van der Waals surface area (Å²) in [7, 11) is 1.71. The molecule has 0 aliphatic heterocycles. The van der Waals surface area contributed by atoms with Gasteiger partial charge >= 0.3 is 0 Å². The van der Waals surface area contributed by atoms with E-state index in [4.69, 9.17) is 5.73 Å². The summed E-state index contributed by atoms with van der Waals surface area (Å²) in [6.45, 7) is 0.1000. The summed E-state index contributed by atoms with van der Waals surface area (Å²) < 4.78 is 16.6. The fourth-order valence-corrected chi connectivity index (χ4v) is 2.05. The first-order chi connectivity index (χ1) is 9.56. The van der Waals surface area contributed by atoms with Crippen LogP contribution in [0.15, 0.2) is 35.5 Å². The maximum atomic E-state index is 13.8. The molecule has 0 spiro atoms. The molecule has 6 nitrogen and oxygen atoms in total. The molecule has 102 valence electrons. The molecule has 3 aromatic rings. The van der Waals surface area contributed by atoms with Gasteiger partial charge in [-0.15, -0.1) is 0 Å². The summed E-state index contributed by atoms with van der Waals surface area (Å²) >= 11 is 0. The smallest absolute Gasteiger partial charge is 0.264 e. The van der Waals surface area contributed by atoms with Gasteiger partial charge in [-0.2, -0.15) is 5.10 Å². The number of hydrogen-bond acceptors (Lipinski definition) is 4. The third kappa shape index (κ3) is 1.93. The van der Waals surface area contributed by atoms with Crippen LogP contribution in [-0.4, -0.2) is 19.3 Å². The molecule has 0 bridgehead atoms. The van der Waals surface area contributed by atoms with E-state index in [1.54, 1.807) is 19.2 Å². The third-order valence-electron chi connectivity index (χ3n) is 3.14. The van der Waals surface area contributed by atoms with Crippen molar-refractivity contribution in [2.24, 2.45) is 7.05 Å². The van der Waals surface area contributed by atoms with Gasteiger partial charge < -0.3 is 5.73 Å². The van der Waals surface area contributed by atoms with Crippen molar-refractivity contribution >= 4 is 16.7 Å². The van der Waals surface area contributed by atoms with E-state index in [2.05, 4.69) is 10.1 Å². The molecule has 0 amide bonds. The molecule has 0 saturated heterocycles. The van der Waals surface area contributed by atoms with Gasteiger partial charge in [-0.25, -0.2) is 9.37 Å². The number of nitrogen functional groups attached to an aromatic ring is 1. The summed E-state index contributed by atoms with van der Waals surface area (Å²) in [6.07, 6.45) is 2.85. The molecule has 0 fully saturated rings. The van der Waals surface area contributed by atoms with Crippen LogP contribution in [0.1, 0.15) is 5.56 Å². The summed E-state index contributed by atoms with van der Waals surface area (Å²) in [5.41, 5.74) is 6.48. The molecule has 0 unspecified atom stereocenters. The van der Waals surface area contributed by atoms with E-state index in [0.29, 0.717) is 22.3 Å². The van der Waals surface area contributed by atoms with Crippen LogP contribution in [0, 0.1) is 5.82 Å². The highest BCUT2D eigenvalue weighted by Gasteiger charge is 2.10. The van der Waals surface area contributed by atoms with Gasteiger partial charge in [0.1, 0.15) is 17.5 Å². The zero-order chi connectivity index (χ0) is 14.3. The van der Waals surface area contributed by atoms with Crippen LogP contribution in [0.3, 0.4) is 0 Å². The maximum absolute atomic E-state index is 13.8. The molecule has 0 saturated carbocycles. The van der Waals surface area contributed by atoms with Crippen molar-refractivity contribution in [3.63, 3.8) is 0 Å². The van der Waals surface area contributed by atoms with Gasteiger partial charge in [0.15, 0.2) is 5.65 Å². The molecule has 2 N–H and O–H groups in total. The van der Waals surface area contributed by atoms with E-state index in [0.717, 1.165) is 0 Å². The molecule has 7 heteroatoms. The van der Waals surface area contributed by atoms with Gasteiger partial charge in [0.05, 0.1) is 12.7 Å². The number of hydrogen-bond donors (Lipinski definition) is 1. The van der Waals surface area contributed by atoms with Crippen LogP contribution < -0.4 is 11.3 Å². The number of halogens is 1. The number of rotatable bonds is 2. The number of aryl methyl sites for hydroxylation is 1. The van der Waals surface area contributed by atoms with Gasteiger partial charge in [-0.05, 0) is 12.1 Å². The lowest BCUT2D eigenvalue weighted by Gasteiger charge is -2.07. The number of nitrogens with zero attached hydrogens (tertiary/aromatic N) is 4. The molecule has 20 heavy (non-hydrogen) atoms. The molecule has 0 aliphatic rings. The van der Waals surface area contributed by atoms with Crippen LogP contribution in [0.5, 0.6) is 0 Å². The molecular formula is C13H12FN5O. The Morgan fingerprint density at radius 1 is 1.40 bits per heavy atom. The largest absolute Gasteiger partial charge is 0.399 e. The molecule has 3 rings (SSSR count). The summed E-state index contributed by atoms with van der Waals surface area (Å²) in [4.78, 5) is 16.4. The van der Waals surface area contributed by atoms with Crippen LogP contribution >= 0.6 is 0 Å². The summed E-state index contributed by atoms with van der Waals surface area (Å²) in [5, 5.41) is 4.39. The van der Waals surface area contributed by atoms with Crippen molar-refractivity contribution in [2.45, 2.75) is 6.54 Å². The van der Waals surface area contributed by atoms with E-state index in [-0.39, 0.29) is 12.1 Å². The normalized spacial score (nSPS) is 11.1.